The first-order valence-corrected chi connectivity index (χ1v) is 7.18. The Morgan fingerprint density at radius 1 is 1.37 bits per heavy atom. The third kappa shape index (κ3) is 3.64. The Labute approximate surface area is 117 Å². The molecule has 1 aromatic heterocycles. The average Bonchev–Trinajstić information content (AvgIpc) is 2.82. The topological polar surface area (TPSA) is 33.2 Å². The molecule has 0 radical (unpaired) electrons. The third-order valence-corrected chi connectivity index (χ3v) is 4.01. The van der Waals surface area contributed by atoms with Crippen LogP contribution in [0.1, 0.15) is 23.2 Å². The van der Waals surface area contributed by atoms with Crippen LogP contribution in [0, 0.1) is 13.8 Å². The van der Waals surface area contributed by atoms with Crippen molar-refractivity contribution in [3.05, 3.63) is 46.5 Å². The van der Waals surface area contributed by atoms with Crippen molar-refractivity contribution >= 4 is 22.4 Å². The van der Waals surface area contributed by atoms with Gasteiger partial charge in [0.1, 0.15) is 0 Å². The summed E-state index contributed by atoms with van der Waals surface area (Å²) in [5.74, 6) is 0.107. The molecule has 3 nitrogen and oxygen atoms in total. The Morgan fingerprint density at radius 3 is 2.79 bits per heavy atom. The number of thiazole rings is 1. The molecule has 1 heterocycles. The number of rotatable bonds is 4. The SMILES string of the molecule is Cc1cccc(CCC(=O)N(C)c2nc(C)cs2)c1. The highest BCUT2D eigenvalue weighted by molar-refractivity contribution is 7.14. The quantitative estimate of drug-likeness (QED) is 0.856. The summed E-state index contributed by atoms with van der Waals surface area (Å²) < 4.78 is 0. The van der Waals surface area contributed by atoms with E-state index in [0.717, 1.165) is 17.2 Å². The molecule has 100 valence electrons. The molecule has 19 heavy (non-hydrogen) atoms. The monoisotopic (exact) mass is 274 g/mol. The minimum absolute atomic E-state index is 0.107. The second-order valence-corrected chi connectivity index (χ2v) is 5.55. The van der Waals surface area contributed by atoms with Gasteiger partial charge < -0.3 is 0 Å². The van der Waals surface area contributed by atoms with Crippen LogP contribution in [0.5, 0.6) is 0 Å². The maximum absolute atomic E-state index is 12.1. The Kier molecular flexibility index (Phi) is 4.32. The van der Waals surface area contributed by atoms with E-state index in [-0.39, 0.29) is 5.91 Å². The van der Waals surface area contributed by atoms with E-state index in [2.05, 4.69) is 30.1 Å². The van der Waals surface area contributed by atoms with Gasteiger partial charge in [-0.2, -0.15) is 0 Å². The zero-order valence-electron chi connectivity index (χ0n) is 11.5. The van der Waals surface area contributed by atoms with Crippen LogP contribution in [-0.2, 0) is 11.2 Å². The summed E-state index contributed by atoms with van der Waals surface area (Å²) in [5.41, 5.74) is 3.39. The van der Waals surface area contributed by atoms with Gasteiger partial charge >= 0.3 is 0 Å². The van der Waals surface area contributed by atoms with Crippen LogP contribution < -0.4 is 4.90 Å². The van der Waals surface area contributed by atoms with Crippen molar-refractivity contribution in [2.75, 3.05) is 11.9 Å². The summed E-state index contributed by atoms with van der Waals surface area (Å²) in [5, 5.41) is 2.73. The normalized spacial score (nSPS) is 10.5. The number of carbonyl (C=O) groups excluding carboxylic acids is 1. The molecule has 0 N–H and O–H groups in total. The zero-order valence-corrected chi connectivity index (χ0v) is 12.3. The summed E-state index contributed by atoms with van der Waals surface area (Å²) in [6.45, 7) is 4.00. The van der Waals surface area contributed by atoms with Gasteiger partial charge in [-0.05, 0) is 25.8 Å². The van der Waals surface area contributed by atoms with Gasteiger partial charge in [-0.1, -0.05) is 29.8 Å². The summed E-state index contributed by atoms with van der Waals surface area (Å²) in [7, 11) is 1.79. The van der Waals surface area contributed by atoms with Gasteiger partial charge in [0, 0.05) is 18.8 Å². The van der Waals surface area contributed by atoms with E-state index in [1.165, 1.54) is 22.5 Å². The fourth-order valence-electron chi connectivity index (χ4n) is 1.89. The summed E-state index contributed by atoms with van der Waals surface area (Å²) in [6.07, 6.45) is 1.29. The van der Waals surface area contributed by atoms with E-state index >= 15 is 0 Å². The molecule has 0 aliphatic carbocycles. The highest BCUT2D eigenvalue weighted by atomic mass is 32.1. The van der Waals surface area contributed by atoms with E-state index in [4.69, 9.17) is 0 Å². The fourth-order valence-corrected chi connectivity index (χ4v) is 2.67. The molecule has 0 fully saturated rings. The Bertz CT molecular complexity index is 577. The predicted molar refractivity (Wildman–Crippen MR) is 79.8 cm³/mol. The Morgan fingerprint density at radius 2 is 2.16 bits per heavy atom. The number of amides is 1. The Balaban J connectivity index is 1.94. The molecule has 1 amide bonds. The number of aromatic nitrogens is 1. The lowest BCUT2D eigenvalue weighted by molar-refractivity contribution is -0.118. The largest absolute Gasteiger partial charge is 0.291 e. The molecule has 1 aromatic carbocycles. The first kappa shape index (κ1) is 13.7. The van der Waals surface area contributed by atoms with Gasteiger partial charge in [-0.25, -0.2) is 4.98 Å². The van der Waals surface area contributed by atoms with Crippen LogP contribution in [0.25, 0.3) is 0 Å². The molecule has 4 heteroatoms. The van der Waals surface area contributed by atoms with Crippen molar-refractivity contribution in [3.8, 4) is 0 Å². The third-order valence-electron chi connectivity index (χ3n) is 2.98. The molecular weight excluding hydrogens is 256 g/mol. The first-order chi connectivity index (χ1) is 9.06. The lowest BCUT2D eigenvalue weighted by Crippen LogP contribution is -2.26. The van der Waals surface area contributed by atoms with Gasteiger partial charge in [0.25, 0.3) is 0 Å². The first-order valence-electron chi connectivity index (χ1n) is 6.30. The van der Waals surface area contributed by atoms with E-state index in [0.29, 0.717) is 6.42 Å². The van der Waals surface area contributed by atoms with Crippen molar-refractivity contribution in [2.24, 2.45) is 0 Å². The highest BCUT2D eigenvalue weighted by Gasteiger charge is 2.13. The zero-order chi connectivity index (χ0) is 13.8. The maximum atomic E-state index is 12.1. The lowest BCUT2D eigenvalue weighted by atomic mass is 10.1. The van der Waals surface area contributed by atoms with Crippen molar-refractivity contribution in [1.82, 2.24) is 4.98 Å². The van der Waals surface area contributed by atoms with Crippen LogP contribution in [0.15, 0.2) is 29.6 Å². The van der Waals surface area contributed by atoms with E-state index in [9.17, 15) is 4.79 Å². The van der Waals surface area contributed by atoms with Crippen LogP contribution in [-0.4, -0.2) is 17.9 Å². The van der Waals surface area contributed by atoms with Gasteiger partial charge in [-0.3, -0.25) is 9.69 Å². The summed E-state index contributed by atoms with van der Waals surface area (Å²) in [4.78, 5) is 18.1. The maximum Gasteiger partial charge on any atom is 0.228 e. The molecule has 0 atom stereocenters. The molecule has 0 saturated heterocycles. The van der Waals surface area contributed by atoms with Crippen molar-refractivity contribution in [2.45, 2.75) is 26.7 Å². The highest BCUT2D eigenvalue weighted by Crippen LogP contribution is 2.19. The minimum Gasteiger partial charge on any atom is -0.291 e. The van der Waals surface area contributed by atoms with Crippen molar-refractivity contribution in [1.29, 1.82) is 0 Å². The second kappa shape index (κ2) is 5.97. The number of hydrogen-bond donors (Lipinski definition) is 0. The van der Waals surface area contributed by atoms with Crippen LogP contribution in [0.2, 0.25) is 0 Å². The number of anilines is 1. The number of hydrogen-bond acceptors (Lipinski definition) is 3. The number of carbonyl (C=O) groups is 1. The molecule has 0 bridgehead atoms. The van der Waals surface area contributed by atoms with Crippen LogP contribution in [0.3, 0.4) is 0 Å². The number of benzene rings is 1. The number of nitrogens with zero attached hydrogens (tertiary/aromatic N) is 2. The molecular formula is C15H18N2OS. The van der Waals surface area contributed by atoms with E-state index < -0.39 is 0 Å². The summed E-state index contributed by atoms with van der Waals surface area (Å²) >= 11 is 1.50. The lowest BCUT2D eigenvalue weighted by Gasteiger charge is -2.13. The molecule has 0 aliphatic rings. The molecule has 0 spiro atoms. The van der Waals surface area contributed by atoms with E-state index in [1.807, 2.05) is 18.4 Å². The smallest absolute Gasteiger partial charge is 0.228 e. The van der Waals surface area contributed by atoms with Gasteiger partial charge in [0.05, 0.1) is 5.69 Å². The molecule has 0 aliphatic heterocycles. The summed E-state index contributed by atoms with van der Waals surface area (Å²) in [6, 6.07) is 8.29. The predicted octanol–water partition coefficient (Wildman–Crippen LogP) is 3.36. The molecule has 0 saturated carbocycles. The van der Waals surface area contributed by atoms with E-state index in [1.54, 1.807) is 11.9 Å². The molecule has 2 rings (SSSR count). The van der Waals surface area contributed by atoms with Crippen molar-refractivity contribution in [3.63, 3.8) is 0 Å². The fraction of sp³-hybridized carbons (Fsp3) is 0.333. The average molecular weight is 274 g/mol. The van der Waals surface area contributed by atoms with Crippen molar-refractivity contribution < 1.29 is 4.79 Å². The van der Waals surface area contributed by atoms with Crippen LogP contribution >= 0.6 is 11.3 Å². The standard InChI is InChI=1S/C15H18N2OS/c1-11-5-4-6-13(9-11)7-8-14(18)17(3)15-16-12(2)10-19-15/h4-6,9-10H,7-8H2,1-3H3. The molecule has 2 aromatic rings. The Hall–Kier alpha value is -1.68. The number of aryl methyl sites for hydroxylation is 3. The minimum atomic E-state index is 0.107. The van der Waals surface area contributed by atoms with Gasteiger partial charge in [-0.15, -0.1) is 11.3 Å². The molecule has 0 unspecified atom stereocenters. The van der Waals surface area contributed by atoms with Crippen LogP contribution in [0.4, 0.5) is 5.13 Å². The van der Waals surface area contributed by atoms with Gasteiger partial charge in [0.2, 0.25) is 5.91 Å². The van der Waals surface area contributed by atoms with Gasteiger partial charge in [0.15, 0.2) is 5.13 Å². The second-order valence-electron chi connectivity index (χ2n) is 4.71.